The molecule has 2 heteroatoms. The minimum Gasteiger partial charge on any atom is -0.176 e. The zero-order valence-corrected chi connectivity index (χ0v) is 5.83. The van der Waals surface area contributed by atoms with Crippen molar-refractivity contribution in [3.63, 3.8) is 0 Å². The van der Waals surface area contributed by atoms with Gasteiger partial charge in [-0.25, -0.2) is 0 Å². The van der Waals surface area contributed by atoms with E-state index in [2.05, 4.69) is 29.8 Å². The van der Waals surface area contributed by atoms with Gasteiger partial charge in [-0.2, -0.15) is 12.6 Å². The number of rotatable bonds is 2. The van der Waals surface area contributed by atoms with Crippen LogP contribution in [0.5, 0.6) is 0 Å². The van der Waals surface area contributed by atoms with E-state index >= 15 is 0 Å². The first-order valence-electron chi connectivity index (χ1n) is 2.10. The Morgan fingerprint density at radius 1 is 1.83 bits per heavy atom. The Morgan fingerprint density at radius 3 is 2.33 bits per heavy atom. The molecule has 0 saturated carbocycles. The summed E-state index contributed by atoms with van der Waals surface area (Å²) in [6.45, 7) is 2.09. The highest BCUT2D eigenvalue weighted by Gasteiger charge is 1.86. The van der Waals surface area contributed by atoms with Crippen molar-refractivity contribution in [3.05, 3.63) is 0 Å². The summed E-state index contributed by atoms with van der Waals surface area (Å²) in [7, 11) is 3.34. The summed E-state index contributed by atoms with van der Waals surface area (Å²) in [6, 6.07) is 1.06. The van der Waals surface area contributed by atoms with Gasteiger partial charge in [0.1, 0.15) is 0 Å². The van der Waals surface area contributed by atoms with E-state index in [9.17, 15) is 0 Å². The second kappa shape index (κ2) is 3.75. The second-order valence-corrected chi connectivity index (χ2v) is 2.77. The van der Waals surface area contributed by atoms with Gasteiger partial charge < -0.3 is 0 Å². The van der Waals surface area contributed by atoms with Crippen LogP contribution in [-0.4, -0.2) is 15.5 Å². The van der Waals surface area contributed by atoms with Crippen LogP contribution >= 0.6 is 12.6 Å². The molecule has 0 bridgehead atoms. The van der Waals surface area contributed by atoms with Gasteiger partial charge in [0.05, 0.1) is 0 Å². The van der Waals surface area contributed by atoms with Crippen molar-refractivity contribution in [3.8, 4) is 0 Å². The molecule has 1 atom stereocenters. The Morgan fingerprint density at radius 2 is 2.33 bits per heavy atom. The summed E-state index contributed by atoms with van der Waals surface area (Å²) in [5, 5.41) is 0.544. The van der Waals surface area contributed by atoms with Crippen LogP contribution in [0.3, 0.4) is 0 Å². The van der Waals surface area contributed by atoms with E-state index in [4.69, 9.17) is 0 Å². The van der Waals surface area contributed by atoms with E-state index in [1.54, 1.807) is 0 Å². The molecule has 0 aliphatic carbocycles. The Hall–Kier alpha value is 0.567. The van der Waals surface area contributed by atoms with Gasteiger partial charge in [-0.05, 0) is 11.7 Å². The number of hydrogen-bond acceptors (Lipinski definition) is 1. The van der Waals surface area contributed by atoms with Crippen molar-refractivity contribution in [2.45, 2.75) is 24.6 Å². The topological polar surface area (TPSA) is 0 Å². The number of hydrogen-bond donors (Lipinski definition) is 1. The zero-order chi connectivity index (χ0) is 4.99. The zero-order valence-electron chi connectivity index (χ0n) is 3.94. The van der Waals surface area contributed by atoms with Crippen molar-refractivity contribution in [2.24, 2.45) is 0 Å². The van der Waals surface area contributed by atoms with E-state index in [0.717, 1.165) is 12.5 Å². The fourth-order valence-electron chi connectivity index (χ4n) is 0.209. The van der Waals surface area contributed by atoms with Gasteiger partial charge in [-0.15, -0.1) is 0 Å². The molecule has 0 nitrogen and oxygen atoms in total. The average molecular weight is 117 g/mol. The molecule has 0 aromatic heterocycles. The molecule has 0 heterocycles. The predicted octanol–water partition coefficient (Wildman–Crippen LogP) is 1.28. The molecule has 0 N–H and O–H groups in total. The quantitative estimate of drug-likeness (QED) is 0.409. The van der Waals surface area contributed by atoms with Crippen molar-refractivity contribution in [1.82, 2.24) is 0 Å². The maximum Gasteiger partial charge on any atom is 0.0222 e. The molecule has 0 fully saturated rings. The minimum absolute atomic E-state index is 0.544. The molecule has 1 unspecified atom stereocenters. The highest BCUT2D eigenvalue weighted by atomic mass is 32.1. The van der Waals surface area contributed by atoms with E-state index < -0.39 is 0 Å². The highest BCUT2D eigenvalue weighted by Crippen LogP contribution is 1.99. The molecule has 0 amide bonds. The summed E-state index contributed by atoms with van der Waals surface area (Å²) in [5.41, 5.74) is 0. The second-order valence-electron chi connectivity index (χ2n) is 1.39. The first-order chi connectivity index (χ1) is 2.77. The van der Waals surface area contributed by atoms with Gasteiger partial charge in [0.25, 0.3) is 0 Å². The third-order valence-electron chi connectivity index (χ3n) is 0.562. The van der Waals surface area contributed by atoms with Gasteiger partial charge in [-0.1, -0.05) is 13.0 Å². The molecule has 6 heavy (non-hydrogen) atoms. The summed E-state index contributed by atoms with van der Waals surface area (Å²) >= 11 is 4.15. The summed E-state index contributed by atoms with van der Waals surface area (Å²) in [5.74, 6) is 0. The summed E-state index contributed by atoms with van der Waals surface area (Å²) in [6.07, 6.45) is 1.15. The molecule has 0 aromatic rings. The molecule has 0 rings (SSSR count). The van der Waals surface area contributed by atoms with E-state index in [0.29, 0.717) is 5.25 Å². The lowest BCUT2D eigenvalue weighted by Crippen LogP contribution is -1.87. The Balaban J connectivity index is 2.63. The van der Waals surface area contributed by atoms with Gasteiger partial charge >= 0.3 is 0 Å². The molecule has 0 aliphatic rings. The molecule has 0 aromatic carbocycles. The van der Waals surface area contributed by atoms with Crippen molar-refractivity contribution in [1.29, 1.82) is 0 Å². The Bertz CT molecular complexity index is 28.7. The number of thiol groups is 1. The van der Waals surface area contributed by atoms with Gasteiger partial charge in [0.2, 0.25) is 0 Å². The van der Waals surface area contributed by atoms with Crippen molar-refractivity contribution in [2.75, 3.05) is 0 Å². The normalized spacial score (nSPS) is 14.5. The van der Waals surface area contributed by atoms with Gasteiger partial charge in [0.15, 0.2) is 0 Å². The van der Waals surface area contributed by atoms with Crippen LogP contribution in [-0.2, 0) is 0 Å². The van der Waals surface area contributed by atoms with Crippen LogP contribution in [0.25, 0.3) is 0 Å². The molecular formula is C4H9SSi. The monoisotopic (exact) mass is 117 g/mol. The van der Waals surface area contributed by atoms with Crippen LogP contribution in [0.15, 0.2) is 0 Å². The average Bonchev–Trinajstić information content (AvgIpc) is 1.35. The molecule has 0 spiro atoms. The fraction of sp³-hybridized carbons (Fsp3) is 1.00. The van der Waals surface area contributed by atoms with Crippen molar-refractivity contribution < 1.29 is 0 Å². The SMILES string of the molecule is CC(S)CC[Si]. The third kappa shape index (κ3) is 4.57. The predicted molar refractivity (Wildman–Crippen MR) is 33.6 cm³/mol. The molecular weight excluding hydrogens is 108 g/mol. The van der Waals surface area contributed by atoms with Crippen LogP contribution in [0, 0.1) is 0 Å². The third-order valence-corrected chi connectivity index (χ3v) is 1.11. The lowest BCUT2D eigenvalue weighted by atomic mass is 10.4. The maximum absolute atomic E-state index is 4.15. The minimum atomic E-state index is 0.544. The first-order valence-corrected chi connectivity index (χ1v) is 3.32. The molecule has 0 saturated heterocycles. The van der Waals surface area contributed by atoms with E-state index in [-0.39, 0.29) is 0 Å². The lowest BCUT2D eigenvalue weighted by molar-refractivity contribution is 0.911. The highest BCUT2D eigenvalue weighted by molar-refractivity contribution is 7.80. The molecule has 0 aliphatic heterocycles. The Kier molecular flexibility index (Phi) is 4.10. The van der Waals surface area contributed by atoms with Gasteiger partial charge in [0, 0.05) is 10.2 Å². The first kappa shape index (κ1) is 6.57. The van der Waals surface area contributed by atoms with Gasteiger partial charge in [-0.3, -0.25) is 0 Å². The molecule has 35 valence electrons. The van der Waals surface area contributed by atoms with Crippen LogP contribution in [0.2, 0.25) is 6.04 Å². The fourth-order valence-corrected chi connectivity index (χ4v) is 1.01. The lowest BCUT2D eigenvalue weighted by Gasteiger charge is -1.95. The standard InChI is InChI=1S/C4H9SSi/c1-4(5)2-3-6/h4-5H,2-3H2,1H3. The maximum atomic E-state index is 4.15. The van der Waals surface area contributed by atoms with E-state index in [1.165, 1.54) is 0 Å². The van der Waals surface area contributed by atoms with Crippen LogP contribution in [0.4, 0.5) is 0 Å². The van der Waals surface area contributed by atoms with Crippen LogP contribution in [0.1, 0.15) is 13.3 Å². The smallest absolute Gasteiger partial charge is 0.0222 e. The summed E-state index contributed by atoms with van der Waals surface area (Å²) in [4.78, 5) is 0. The van der Waals surface area contributed by atoms with Crippen molar-refractivity contribution >= 4 is 22.9 Å². The molecule has 3 radical (unpaired) electrons. The summed E-state index contributed by atoms with van der Waals surface area (Å²) < 4.78 is 0. The Labute approximate surface area is 48.2 Å². The van der Waals surface area contributed by atoms with Crippen LogP contribution < -0.4 is 0 Å². The largest absolute Gasteiger partial charge is 0.176 e. The van der Waals surface area contributed by atoms with E-state index in [1.807, 2.05) is 0 Å².